The Bertz CT molecular complexity index is 1350. The van der Waals surface area contributed by atoms with Crippen molar-refractivity contribution in [3.05, 3.63) is 94.1 Å². The number of ether oxygens (including phenoxy) is 1. The quantitative estimate of drug-likeness (QED) is 0.451. The first kappa shape index (κ1) is 20.4. The first-order chi connectivity index (χ1) is 15.6. The van der Waals surface area contributed by atoms with Gasteiger partial charge < -0.3 is 14.1 Å². The van der Waals surface area contributed by atoms with Gasteiger partial charge in [0, 0.05) is 25.8 Å². The van der Waals surface area contributed by atoms with Crippen molar-refractivity contribution in [3.8, 4) is 0 Å². The molecule has 1 aromatic heterocycles. The molecule has 6 heteroatoms. The van der Waals surface area contributed by atoms with E-state index in [-0.39, 0.29) is 22.8 Å². The number of carbonyl (C=O) groups is 1. The van der Waals surface area contributed by atoms with Gasteiger partial charge in [0.2, 0.25) is 0 Å². The van der Waals surface area contributed by atoms with E-state index in [0.717, 1.165) is 41.3 Å². The molecular weight excluding hydrogens is 409 g/mol. The molecule has 1 fully saturated rings. The molecule has 162 valence electrons. The van der Waals surface area contributed by atoms with Crippen LogP contribution in [0.4, 0.5) is 4.39 Å². The van der Waals surface area contributed by atoms with Gasteiger partial charge >= 0.3 is 0 Å². The van der Waals surface area contributed by atoms with Crippen molar-refractivity contribution in [1.29, 1.82) is 0 Å². The highest BCUT2D eigenvalue weighted by Gasteiger charge is 2.26. The monoisotopic (exact) mass is 431 g/mol. The highest BCUT2D eigenvalue weighted by atomic mass is 19.1. The van der Waals surface area contributed by atoms with Crippen molar-refractivity contribution in [3.63, 3.8) is 0 Å². The van der Waals surface area contributed by atoms with Crippen LogP contribution in [0.15, 0.2) is 75.9 Å². The van der Waals surface area contributed by atoms with Gasteiger partial charge in [-0.05, 0) is 47.4 Å². The lowest BCUT2D eigenvalue weighted by Gasteiger charge is -2.25. The zero-order chi connectivity index (χ0) is 22.1. The number of hydrogen-bond donors (Lipinski definition) is 0. The van der Waals surface area contributed by atoms with Gasteiger partial charge in [-0.1, -0.05) is 42.5 Å². The molecule has 5 nitrogen and oxygen atoms in total. The average molecular weight is 431 g/mol. The summed E-state index contributed by atoms with van der Waals surface area (Å²) in [6.45, 7) is 1.43. The largest absolute Gasteiger partial charge is 0.451 e. The Morgan fingerprint density at radius 1 is 1.03 bits per heavy atom. The fourth-order valence-corrected chi connectivity index (χ4v) is 4.28. The minimum atomic E-state index is -0.528. The highest BCUT2D eigenvalue weighted by molar-refractivity contribution is 5.94. The topological polar surface area (TPSA) is 59.8 Å². The van der Waals surface area contributed by atoms with Gasteiger partial charge in [0.15, 0.2) is 11.2 Å². The molecule has 0 radical (unpaired) electrons. The summed E-state index contributed by atoms with van der Waals surface area (Å²) < 4.78 is 25.0. The number of rotatable bonds is 5. The van der Waals surface area contributed by atoms with Gasteiger partial charge in [-0.25, -0.2) is 4.39 Å². The number of halogens is 1. The van der Waals surface area contributed by atoms with Crippen LogP contribution in [0.25, 0.3) is 21.7 Å². The zero-order valence-corrected chi connectivity index (χ0v) is 17.4. The summed E-state index contributed by atoms with van der Waals surface area (Å²) in [5, 5.41) is 2.27. The zero-order valence-electron chi connectivity index (χ0n) is 17.4. The summed E-state index contributed by atoms with van der Waals surface area (Å²) in [6, 6.07) is 18.9. The maximum atomic E-state index is 13.5. The van der Waals surface area contributed by atoms with Crippen LogP contribution in [-0.4, -0.2) is 30.1 Å². The normalized spacial score (nSPS) is 16.0. The summed E-state index contributed by atoms with van der Waals surface area (Å²) in [5.41, 5.74) is 0.737. The second-order valence-corrected chi connectivity index (χ2v) is 8.07. The Kier molecular flexibility index (Phi) is 5.45. The smallest absolute Gasteiger partial charge is 0.290 e. The molecular formula is C26H22FNO4. The van der Waals surface area contributed by atoms with Gasteiger partial charge in [-0.15, -0.1) is 0 Å². The molecule has 0 bridgehead atoms. The van der Waals surface area contributed by atoms with Gasteiger partial charge in [-0.2, -0.15) is 0 Å². The molecule has 0 aliphatic carbocycles. The van der Waals surface area contributed by atoms with Crippen molar-refractivity contribution < 1.29 is 18.3 Å². The standard InChI is InChI=1S/C26H22FNO4/c27-19-10-11-24-22(13-19)23(29)14-25(32-24)26(30)28(16-20-8-4-12-31-20)15-18-7-3-6-17-5-1-2-9-21(17)18/h1-3,5-7,9-11,13-14,20H,4,8,12,15-16H2/t20-/m1/s1. The minimum absolute atomic E-state index is 0.0600. The van der Waals surface area contributed by atoms with E-state index < -0.39 is 17.2 Å². The summed E-state index contributed by atoms with van der Waals surface area (Å²) >= 11 is 0. The Balaban J connectivity index is 1.52. The fraction of sp³-hybridized carbons (Fsp3) is 0.231. The second kappa shape index (κ2) is 8.55. The first-order valence-corrected chi connectivity index (χ1v) is 10.7. The van der Waals surface area contributed by atoms with Crippen molar-refractivity contribution >= 4 is 27.6 Å². The third kappa shape index (κ3) is 4.01. The van der Waals surface area contributed by atoms with Crippen LogP contribution in [0.3, 0.4) is 0 Å². The van der Waals surface area contributed by atoms with Crippen LogP contribution >= 0.6 is 0 Å². The minimum Gasteiger partial charge on any atom is -0.451 e. The van der Waals surface area contributed by atoms with Crippen molar-refractivity contribution in [2.45, 2.75) is 25.5 Å². The predicted octanol–water partition coefficient (Wildman–Crippen LogP) is 4.91. The van der Waals surface area contributed by atoms with Gasteiger partial charge in [0.25, 0.3) is 5.91 Å². The summed E-state index contributed by atoms with van der Waals surface area (Å²) in [4.78, 5) is 27.7. The van der Waals surface area contributed by atoms with Crippen LogP contribution in [0.1, 0.15) is 29.0 Å². The van der Waals surface area contributed by atoms with Crippen LogP contribution in [0.5, 0.6) is 0 Å². The van der Waals surface area contributed by atoms with Crippen LogP contribution in [0.2, 0.25) is 0 Å². The third-order valence-electron chi connectivity index (χ3n) is 5.88. The number of fused-ring (bicyclic) bond motifs is 2. The summed E-state index contributed by atoms with van der Waals surface area (Å²) in [5.74, 6) is -0.982. The van der Waals surface area contributed by atoms with Crippen molar-refractivity contribution in [2.24, 2.45) is 0 Å². The lowest BCUT2D eigenvalue weighted by atomic mass is 10.0. The molecule has 1 aliphatic heterocycles. The molecule has 32 heavy (non-hydrogen) atoms. The molecule has 4 aromatic rings. The molecule has 0 saturated carbocycles. The van der Waals surface area contributed by atoms with E-state index in [1.807, 2.05) is 42.5 Å². The number of benzene rings is 3. The average Bonchev–Trinajstić information content (AvgIpc) is 3.32. The van der Waals surface area contributed by atoms with Crippen LogP contribution in [0, 0.1) is 5.82 Å². The van der Waals surface area contributed by atoms with Gasteiger partial charge in [0.1, 0.15) is 11.4 Å². The Morgan fingerprint density at radius 3 is 2.72 bits per heavy atom. The Hall–Kier alpha value is -3.51. The third-order valence-corrected chi connectivity index (χ3v) is 5.88. The van der Waals surface area contributed by atoms with Crippen LogP contribution in [-0.2, 0) is 11.3 Å². The number of amides is 1. The van der Waals surface area contributed by atoms with Crippen molar-refractivity contribution in [2.75, 3.05) is 13.2 Å². The fourth-order valence-electron chi connectivity index (χ4n) is 4.28. The highest BCUT2D eigenvalue weighted by Crippen LogP contribution is 2.23. The number of carbonyl (C=O) groups excluding carboxylic acids is 1. The molecule has 1 amide bonds. The molecule has 1 atom stereocenters. The van der Waals surface area contributed by atoms with Crippen LogP contribution < -0.4 is 5.43 Å². The SMILES string of the molecule is O=C(c1cc(=O)c2cc(F)ccc2o1)N(Cc1cccc2ccccc12)C[C@H]1CCCO1. The number of hydrogen-bond acceptors (Lipinski definition) is 4. The first-order valence-electron chi connectivity index (χ1n) is 10.7. The van der Waals surface area contributed by atoms with E-state index in [9.17, 15) is 14.0 Å². The lowest BCUT2D eigenvalue weighted by Crippen LogP contribution is -2.37. The Morgan fingerprint density at radius 2 is 1.88 bits per heavy atom. The molecule has 5 rings (SSSR count). The van der Waals surface area contributed by atoms with E-state index >= 15 is 0 Å². The Labute approximate surface area is 184 Å². The molecule has 2 heterocycles. The van der Waals surface area contributed by atoms with Crippen molar-refractivity contribution in [1.82, 2.24) is 4.90 Å². The summed E-state index contributed by atoms with van der Waals surface area (Å²) in [6.07, 6.45) is 1.77. The van der Waals surface area contributed by atoms with Gasteiger partial charge in [-0.3, -0.25) is 9.59 Å². The molecule has 3 aromatic carbocycles. The van der Waals surface area contributed by atoms with E-state index in [0.29, 0.717) is 19.7 Å². The molecule has 0 spiro atoms. The van der Waals surface area contributed by atoms with Gasteiger partial charge in [0.05, 0.1) is 11.5 Å². The lowest BCUT2D eigenvalue weighted by molar-refractivity contribution is 0.0485. The molecule has 1 saturated heterocycles. The second-order valence-electron chi connectivity index (χ2n) is 8.07. The maximum Gasteiger partial charge on any atom is 0.290 e. The molecule has 1 aliphatic rings. The molecule has 0 N–H and O–H groups in total. The van der Waals surface area contributed by atoms with E-state index in [2.05, 4.69) is 0 Å². The summed E-state index contributed by atoms with van der Waals surface area (Å²) in [7, 11) is 0. The van der Waals surface area contributed by atoms with E-state index in [4.69, 9.17) is 9.15 Å². The number of nitrogens with zero attached hydrogens (tertiary/aromatic N) is 1. The van der Waals surface area contributed by atoms with E-state index in [1.165, 1.54) is 12.1 Å². The predicted molar refractivity (Wildman–Crippen MR) is 120 cm³/mol. The molecule has 0 unspecified atom stereocenters. The maximum absolute atomic E-state index is 13.5. The van der Waals surface area contributed by atoms with E-state index in [1.54, 1.807) is 4.90 Å².